The Morgan fingerprint density at radius 1 is 1.16 bits per heavy atom. The van der Waals surface area contributed by atoms with Gasteiger partial charge in [0.2, 0.25) is 0 Å². The number of rotatable bonds is 8. The van der Waals surface area contributed by atoms with Gasteiger partial charge in [0.15, 0.2) is 0 Å². The van der Waals surface area contributed by atoms with E-state index < -0.39 is 18.4 Å². The molecule has 1 aliphatic rings. The van der Waals surface area contributed by atoms with Crippen LogP contribution in [0.4, 0.5) is 0 Å². The van der Waals surface area contributed by atoms with Crippen LogP contribution in [-0.2, 0) is 14.3 Å². The Kier molecular flexibility index (Phi) is 6.89. The zero-order valence-electron chi connectivity index (χ0n) is 12.0. The first-order chi connectivity index (χ1) is 9.08. The van der Waals surface area contributed by atoms with Gasteiger partial charge in [-0.05, 0) is 31.1 Å². The van der Waals surface area contributed by atoms with Crippen molar-refractivity contribution in [1.82, 2.24) is 0 Å². The van der Waals surface area contributed by atoms with E-state index in [-0.39, 0.29) is 0 Å². The SMILES string of the molecule is CCCCC1(CCOC(=O)CC(=O)O)CCCCC1. The molecule has 4 heteroatoms. The van der Waals surface area contributed by atoms with Crippen LogP contribution >= 0.6 is 0 Å². The Bertz CT molecular complexity index is 293. The Balaban J connectivity index is 2.36. The van der Waals surface area contributed by atoms with Crippen molar-refractivity contribution in [3.8, 4) is 0 Å². The van der Waals surface area contributed by atoms with Crippen LogP contribution in [0, 0.1) is 5.41 Å². The topological polar surface area (TPSA) is 63.6 Å². The second-order valence-corrected chi connectivity index (χ2v) is 5.71. The van der Waals surface area contributed by atoms with Gasteiger partial charge in [-0.1, -0.05) is 39.0 Å². The Morgan fingerprint density at radius 2 is 1.84 bits per heavy atom. The molecule has 1 fully saturated rings. The van der Waals surface area contributed by atoms with E-state index in [4.69, 9.17) is 9.84 Å². The van der Waals surface area contributed by atoms with Crippen LogP contribution in [0.25, 0.3) is 0 Å². The third-order valence-electron chi connectivity index (χ3n) is 4.17. The standard InChI is InChI=1S/C15H26O4/c1-2-3-7-15(8-5-4-6-9-15)10-11-19-14(18)12-13(16)17/h2-12H2,1H3,(H,16,17). The molecule has 1 saturated carbocycles. The predicted octanol–water partition coefficient (Wildman–Crippen LogP) is 3.54. The van der Waals surface area contributed by atoms with Crippen molar-refractivity contribution in [3.63, 3.8) is 0 Å². The fourth-order valence-electron chi connectivity index (χ4n) is 3.03. The molecule has 0 aromatic rings. The van der Waals surface area contributed by atoms with E-state index in [2.05, 4.69) is 6.92 Å². The fourth-order valence-corrected chi connectivity index (χ4v) is 3.03. The van der Waals surface area contributed by atoms with Gasteiger partial charge >= 0.3 is 11.9 Å². The number of hydrogen-bond acceptors (Lipinski definition) is 3. The van der Waals surface area contributed by atoms with Crippen LogP contribution in [-0.4, -0.2) is 23.7 Å². The second kappa shape index (κ2) is 8.18. The molecule has 1 rings (SSSR count). The lowest BCUT2D eigenvalue weighted by atomic mass is 9.69. The highest BCUT2D eigenvalue weighted by Crippen LogP contribution is 2.43. The number of ether oxygens (including phenoxy) is 1. The minimum atomic E-state index is -1.12. The summed E-state index contributed by atoms with van der Waals surface area (Å²) in [6.07, 6.45) is 10.3. The summed E-state index contributed by atoms with van der Waals surface area (Å²) < 4.78 is 5.04. The highest BCUT2D eigenvalue weighted by atomic mass is 16.5. The van der Waals surface area contributed by atoms with Crippen molar-refractivity contribution >= 4 is 11.9 Å². The number of aliphatic carboxylic acids is 1. The van der Waals surface area contributed by atoms with Gasteiger partial charge in [-0.25, -0.2) is 0 Å². The smallest absolute Gasteiger partial charge is 0.317 e. The lowest BCUT2D eigenvalue weighted by molar-refractivity contribution is -0.151. The first kappa shape index (κ1) is 16.0. The fraction of sp³-hybridized carbons (Fsp3) is 0.867. The van der Waals surface area contributed by atoms with E-state index >= 15 is 0 Å². The zero-order valence-corrected chi connectivity index (χ0v) is 12.0. The number of carbonyl (C=O) groups is 2. The zero-order chi connectivity index (χ0) is 14.1. The first-order valence-corrected chi connectivity index (χ1v) is 7.45. The summed E-state index contributed by atoms with van der Waals surface area (Å²) in [6, 6.07) is 0. The van der Waals surface area contributed by atoms with Crippen LogP contribution in [0.1, 0.15) is 71.1 Å². The lowest BCUT2D eigenvalue weighted by Gasteiger charge is -2.37. The monoisotopic (exact) mass is 270 g/mol. The Labute approximate surface area is 115 Å². The van der Waals surface area contributed by atoms with Crippen LogP contribution in [0.2, 0.25) is 0 Å². The van der Waals surface area contributed by atoms with Crippen LogP contribution in [0.3, 0.4) is 0 Å². The molecule has 0 saturated heterocycles. The van der Waals surface area contributed by atoms with E-state index in [1.165, 1.54) is 51.4 Å². The van der Waals surface area contributed by atoms with Crippen molar-refractivity contribution in [3.05, 3.63) is 0 Å². The van der Waals surface area contributed by atoms with Crippen molar-refractivity contribution in [1.29, 1.82) is 0 Å². The third-order valence-corrected chi connectivity index (χ3v) is 4.17. The molecule has 0 amide bonds. The number of carbonyl (C=O) groups excluding carboxylic acids is 1. The van der Waals surface area contributed by atoms with Crippen molar-refractivity contribution < 1.29 is 19.4 Å². The Hall–Kier alpha value is -1.06. The average molecular weight is 270 g/mol. The molecule has 4 nitrogen and oxygen atoms in total. The van der Waals surface area contributed by atoms with Crippen LogP contribution in [0.15, 0.2) is 0 Å². The quantitative estimate of drug-likeness (QED) is 0.541. The van der Waals surface area contributed by atoms with Crippen molar-refractivity contribution in [2.75, 3.05) is 6.61 Å². The molecule has 0 bridgehead atoms. The highest BCUT2D eigenvalue weighted by Gasteiger charge is 2.31. The molecular weight excluding hydrogens is 244 g/mol. The molecule has 0 aromatic heterocycles. The molecule has 19 heavy (non-hydrogen) atoms. The lowest BCUT2D eigenvalue weighted by Crippen LogP contribution is -2.26. The minimum Gasteiger partial charge on any atom is -0.481 e. The Morgan fingerprint density at radius 3 is 2.42 bits per heavy atom. The van der Waals surface area contributed by atoms with Crippen molar-refractivity contribution in [2.45, 2.75) is 71.1 Å². The molecule has 1 N–H and O–H groups in total. The second-order valence-electron chi connectivity index (χ2n) is 5.71. The van der Waals surface area contributed by atoms with E-state index in [1.54, 1.807) is 0 Å². The summed E-state index contributed by atoms with van der Waals surface area (Å²) in [7, 11) is 0. The molecule has 0 heterocycles. The summed E-state index contributed by atoms with van der Waals surface area (Å²) >= 11 is 0. The van der Waals surface area contributed by atoms with Gasteiger partial charge in [0.1, 0.15) is 6.42 Å². The maximum Gasteiger partial charge on any atom is 0.317 e. The maximum absolute atomic E-state index is 11.2. The minimum absolute atomic E-state index is 0.331. The molecule has 0 aromatic carbocycles. The van der Waals surface area contributed by atoms with Crippen LogP contribution < -0.4 is 0 Å². The van der Waals surface area contributed by atoms with Gasteiger partial charge in [0.05, 0.1) is 6.61 Å². The van der Waals surface area contributed by atoms with E-state index in [0.717, 1.165) is 6.42 Å². The normalized spacial score (nSPS) is 17.9. The third kappa shape index (κ3) is 6.08. The number of esters is 1. The summed E-state index contributed by atoms with van der Waals surface area (Å²) in [6.45, 7) is 2.57. The van der Waals surface area contributed by atoms with Gasteiger partial charge in [-0.15, -0.1) is 0 Å². The molecule has 0 spiro atoms. The number of hydrogen-bond donors (Lipinski definition) is 1. The molecule has 0 unspecified atom stereocenters. The number of carboxylic acid groups (broad SMARTS) is 1. The maximum atomic E-state index is 11.2. The van der Waals surface area contributed by atoms with Gasteiger partial charge in [-0.2, -0.15) is 0 Å². The first-order valence-electron chi connectivity index (χ1n) is 7.45. The largest absolute Gasteiger partial charge is 0.481 e. The van der Waals surface area contributed by atoms with Gasteiger partial charge in [0, 0.05) is 0 Å². The number of unbranched alkanes of at least 4 members (excludes halogenated alkanes) is 1. The van der Waals surface area contributed by atoms with E-state index in [1.807, 2.05) is 0 Å². The summed E-state index contributed by atoms with van der Waals surface area (Å²) in [5.74, 6) is -1.74. The summed E-state index contributed by atoms with van der Waals surface area (Å²) in [5.41, 5.74) is 0.331. The average Bonchev–Trinajstić information content (AvgIpc) is 2.37. The van der Waals surface area contributed by atoms with Gasteiger partial charge in [-0.3, -0.25) is 9.59 Å². The number of carboxylic acids is 1. The highest BCUT2D eigenvalue weighted by molar-refractivity contribution is 5.90. The summed E-state index contributed by atoms with van der Waals surface area (Å²) in [5, 5.41) is 8.50. The summed E-state index contributed by atoms with van der Waals surface area (Å²) in [4.78, 5) is 21.6. The molecular formula is C15H26O4. The van der Waals surface area contributed by atoms with E-state index in [9.17, 15) is 9.59 Å². The predicted molar refractivity (Wildman–Crippen MR) is 72.9 cm³/mol. The molecule has 0 radical (unpaired) electrons. The molecule has 1 aliphatic carbocycles. The van der Waals surface area contributed by atoms with E-state index in [0.29, 0.717) is 12.0 Å². The van der Waals surface area contributed by atoms with Crippen molar-refractivity contribution in [2.24, 2.45) is 5.41 Å². The van der Waals surface area contributed by atoms with Gasteiger partial charge < -0.3 is 9.84 Å². The molecule has 110 valence electrons. The van der Waals surface area contributed by atoms with Gasteiger partial charge in [0.25, 0.3) is 0 Å². The van der Waals surface area contributed by atoms with Crippen LogP contribution in [0.5, 0.6) is 0 Å². The molecule has 0 aliphatic heterocycles. The molecule has 0 atom stereocenters.